The molecule has 1 aliphatic rings. The molecule has 7 heteroatoms. The SMILES string of the molecule is CCCN(C)C(=O)C1CCCN(S(=O)(=O)c2ccc(Cl)cc2)C1. The summed E-state index contributed by atoms with van der Waals surface area (Å²) >= 11 is 5.82. The van der Waals surface area contributed by atoms with Gasteiger partial charge in [0.05, 0.1) is 10.8 Å². The Kier molecular flexibility index (Phi) is 6.06. The van der Waals surface area contributed by atoms with Crippen molar-refractivity contribution in [2.75, 3.05) is 26.7 Å². The molecule has 5 nitrogen and oxygen atoms in total. The van der Waals surface area contributed by atoms with Crippen LogP contribution in [-0.4, -0.2) is 50.2 Å². The van der Waals surface area contributed by atoms with E-state index in [1.807, 2.05) is 6.92 Å². The molecule has 1 fully saturated rings. The number of halogens is 1. The molecule has 1 amide bonds. The van der Waals surface area contributed by atoms with Crippen LogP contribution in [0.4, 0.5) is 0 Å². The summed E-state index contributed by atoms with van der Waals surface area (Å²) in [6, 6.07) is 6.14. The van der Waals surface area contributed by atoms with Gasteiger partial charge in [0, 0.05) is 31.7 Å². The second-order valence-corrected chi connectivity index (χ2v) is 8.29. The lowest BCUT2D eigenvalue weighted by Gasteiger charge is -2.33. The zero-order valence-corrected chi connectivity index (χ0v) is 15.1. The van der Waals surface area contributed by atoms with Gasteiger partial charge in [-0.1, -0.05) is 18.5 Å². The van der Waals surface area contributed by atoms with Gasteiger partial charge >= 0.3 is 0 Å². The molecule has 128 valence electrons. The first kappa shape index (κ1) is 18.2. The molecule has 0 aliphatic carbocycles. The maximum atomic E-state index is 12.7. The summed E-state index contributed by atoms with van der Waals surface area (Å²) in [6.07, 6.45) is 2.32. The molecule has 1 aromatic carbocycles. The van der Waals surface area contributed by atoms with E-state index in [4.69, 9.17) is 11.6 Å². The van der Waals surface area contributed by atoms with Gasteiger partial charge in [-0.05, 0) is 43.5 Å². The maximum absolute atomic E-state index is 12.7. The highest BCUT2D eigenvalue weighted by Crippen LogP contribution is 2.25. The van der Waals surface area contributed by atoms with Gasteiger partial charge in [0.1, 0.15) is 0 Å². The van der Waals surface area contributed by atoms with Gasteiger partial charge in [0.15, 0.2) is 0 Å². The zero-order valence-electron chi connectivity index (χ0n) is 13.5. The monoisotopic (exact) mass is 358 g/mol. The fourth-order valence-corrected chi connectivity index (χ4v) is 4.53. The number of nitrogens with zero attached hydrogens (tertiary/aromatic N) is 2. The normalized spacial score (nSPS) is 19.5. The number of hydrogen-bond acceptors (Lipinski definition) is 3. The van der Waals surface area contributed by atoms with Crippen LogP contribution >= 0.6 is 11.6 Å². The number of sulfonamides is 1. The first-order chi connectivity index (χ1) is 10.9. The number of benzene rings is 1. The number of hydrogen-bond donors (Lipinski definition) is 0. The van der Waals surface area contributed by atoms with Crippen molar-refractivity contribution in [2.24, 2.45) is 5.92 Å². The van der Waals surface area contributed by atoms with Crippen molar-refractivity contribution >= 4 is 27.5 Å². The van der Waals surface area contributed by atoms with Crippen molar-refractivity contribution in [2.45, 2.75) is 31.1 Å². The summed E-state index contributed by atoms with van der Waals surface area (Å²) in [7, 11) is -1.80. The van der Waals surface area contributed by atoms with E-state index in [0.29, 0.717) is 24.5 Å². The Balaban J connectivity index is 2.14. The second kappa shape index (κ2) is 7.64. The van der Waals surface area contributed by atoms with E-state index in [9.17, 15) is 13.2 Å². The number of piperidine rings is 1. The van der Waals surface area contributed by atoms with E-state index in [1.165, 1.54) is 16.4 Å². The van der Waals surface area contributed by atoms with Gasteiger partial charge in [-0.15, -0.1) is 0 Å². The summed E-state index contributed by atoms with van der Waals surface area (Å²) in [4.78, 5) is 14.3. The molecule has 1 saturated heterocycles. The molecule has 0 bridgehead atoms. The predicted molar refractivity (Wildman–Crippen MR) is 90.9 cm³/mol. The van der Waals surface area contributed by atoms with Crippen LogP contribution in [0.5, 0.6) is 0 Å². The minimum absolute atomic E-state index is 0.0304. The molecule has 0 radical (unpaired) electrons. The highest BCUT2D eigenvalue weighted by Gasteiger charge is 2.34. The Bertz CT molecular complexity index is 646. The minimum Gasteiger partial charge on any atom is -0.345 e. The fourth-order valence-electron chi connectivity index (χ4n) is 2.88. The summed E-state index contributed by atoms with van der Waals surface area (Å²) in [5, 5.41) is 0.497. The van der Waals surface area contributed by atoms with Crippen LogP contribution in [0, 0.1) is 5.92 Å². The third-order valence-electron chi connectivity index (χ3n) is 4.12. The van der Waals surface area contributed by atoms with Gasteiger partial charge in [0.2, 0.25) is 15.9 Å². The number of amides is 1. The van der Waals surface area contributed by atoms with Gasteiger partial charge < -0.3 is 4.90 Å². The van der Waals surface area contributed by atoms with Crippen molar-refractivity contribution in [1.82, 2.24) is 9.21 Å². The minimum atomic E-state index is -3.58. The van der Waals surface area contributed by atoms with Crippen LogP contribution in [-0.2, 0) is 14.8 Å². The summed E-state index contributed by atoms with van der Waals surface area (Å²) in [5.74, 6) is -0.231. The molecule has 1 heterocycles. The van der Waals surface area contributed by atoms with Gasteiger partial charge in [-0.2, -0.15) is 4.31 Å². The Morgan fingerprint density at radius 2 is 2.00 bits per heavy atom. The summed E-state index contributed by atoms with van der Waals surface area (Å²) < 4.78 is 26.9. The van der Waals surface area contributed by atoms with E-state index in [1.54, 1.807) is 24.1 Å². The third-order valence-corrected chi connectivity index (χ3v) is 6.25. The van der Waals surface area contributed by atoms with Gasteiger partial charge in [0.25, 0.3) is 0 Å². The molecule has 23 heavy (non-hydrogen) atoms. The lowest BCUT2D eigenvalue weighted by Crippen LogP contribution is -2.45. The lowest BCUT2D eigenvalue weighted by atomic mass is 9.98. The van der Waals surface area contributed by atoms with E-state index in [0.717, 1.165) is 12.8 Å². The fraction of sp³-hybridized carbons (Fsp3) is 0.562. The molecule has 1 aromatic rings. The van der Waals surface area contributed by atoms with Crippen LogP contribution in [0.2, 0.25) is 5.02 Å². The Morgan fingerprint density at radius 3 is 2.61 bits per heavy atom. The van der Waals surface area contributed by atoms with Gasteiger partial charge in [-0.25, -0.2) is 8.42 Å². The zero-order chi connectivity index (χ0) is 17.0. The third kappa shape index (κ3) is 4.25. The summed E-state index contributed by atoms with van der Waals surface area (Å²) in [5.41, 5.74) is 0. The molecule has 1 unspecified atom stereocenters. The quantitative estimate of drug-likeness (QED) is 0.813. The lowest BCUT2D eigenvalue weighted by molar-refractivity contribution is -0.135. The van der Waals surface area contributed by atoms with Crippen LogP contribution in [0.3, 0.4) is 0 Å². The van der Waals surface area contributed by atoms with Crippen molar-refractivity contribution in [1.29, 1.82) is 0 Å². The molecule has 0 saturated carbocycles. The molecule has 2 rings (SSSR count). The van der Waals surface area contributed by atoms with Crippen LogP contribution in [0.25, 0.3) is 0 Å². The molecule has 0 spiro atoms. The Labute approximate surface area is 143 Å². The second-order valence-electron chi connectivity index (χ2n) is 5.92. The van der Waals surface area contributed by atoms with E-state index in [-0.39, 0.29) is 23.3 Å². The van der Waals surface area contributed by atoms with Crippen LogP contribution in [0.1, 0.15) is 26.2 Å². The predicted octanol–water partition coefficient (Wildman–Crippen LogP) is 2.61. The average molecular weight is 359 g/mol. The largest absolute Gasteiger partial charge is 0.345 e. The highest BCUT2D eigenvalue weighted by molar-refractivity contribution is 7.89. The van der Waals surface area contributed by atoms with Crippen LogP contribution in [0.15, 0.2) is 29.2 Å². The van der Waals surface area contributed by atoms with Gasteiger partial charge in [-0.3, -0.25) is 4.79 Å². The molecular weight excluding hydrogens is 336 g/mol. The van der Waals surface area contributed by atoms with E-state index < -0.39 is 10.0 Å². The Hall–Kier alpha value is -1.11. The standard InChI is InChI=1S/C16H23ClN2O3S/c1-3-10-18(2)16(20)13-5-4-11-19(12-13)23(21,22)15-8-6-14(17)7-9-15/h6-9,13H,3-5,10-12H2,1-2H3. The average Bonchev–Trinajstić information content (AvgIpc) is 2.55. The van der Waals surface area contributed by atoms with E-state index >= 15 is 0 Å². The van der Waals surface area contributed by atoms with Crippen molar-refractivity contribution < 1.29 is 13.2 Å². The van der Waals surface area contributed by atoms with Crippen molar-refractivity contribution in [3.8, 4) is 0 Å². The highest BCUT2D eigenvalue weighted by atomic mass is 35.5. The van der Waals surface area contributed by atoms with Crippen molar-refractivity contribution in [3.05, 3.63) is 29.3 Å². The molecule has 0 aromatic heterocycles. The van der Waals surface area contributed by atoms with Crippen molar-refractivity contribution in [3.63, 3.8) is 0 Å². The summed E-state index contributed by atoms with van der Waals surface area (Å²) in [6.45, 7) is 3.41. The molecule has 1 atom stereocenters. The van der Waals surface area contributed by atoms with E-state index in [2.05, 4.69) is 0 Å². The van der Waals surface area contributed by atoms with Crippen LogP contribution < -0.4 is 0 Å². The number of carbonyl (C=O) groups is 1. The first-order valence-electron chi connectivity index (χ1n) is 7.87. The Morgan fingerprint density at radius 1 is 1.35 bits per heavy atom. The topological polar surface area (TPSA) is 57.7 Å². The number of rotatable bonds is 5. The molecule has 1 aliphatic heterocycles. The molecule has 0 N–H and O–H groups in total. The molecular formula is C16H23ClN2O3S. The first-order valence-corrected chi connectivity index (χ1v) is 9.68. The maximum Gasteiger partial charge on any atom is 0.243 e. The number of carbonyl (C=O) groups excluding carboxylic acids is 1. The smallest absolute Gasteiger partial charge is 0.243 e.